The fraction of sp³-hybridized carbons (Fsp3) is 0.389. The minimum absolute atomic E-state index is 0.0443. The normalized spacial score (nSPS) is 20.8. The van der Waals surface area contributed by atoms with E-state index >= 15 is 0 Å². The topological polar surface area (TPSA) is 93.7 Å². The van der Waals surface area contributed by atoms with E-state index in [1.165, 1.54) is 20.0 Å². The molecule has 0 bridgehead atoms. The number of cyclic esters (lactones) is 2. The van der Waals surface area contributed by atoms with Gasteiger partial charge in [0, 0.05) is 32.3 Å². The predicted octanol–water partition coefficient (Wildman–Crippen LogP) is 1.73. The molecule has 1 aromatic carbocycles. The summed E-state index contributed by atoms with van der Waals surface area (Å²) >= 11 is 0. The van der Waals surface area contributed by atoms with E-state index in [0.29, 0.717) is 12.2 Å². The Balaban J connectivity index is 1.85. The number of carbonyl (C=O) groups excluding carboxylic acids is 3. The first kappa shape index (κ1) is 17.0. The molecular formula is C18H20N2O5. The van der Waals surface area contributed by atoms with Gasteiger partial charge < -0.3 is 20.1 Å². The molecule has 7 heteroatoms. The molecule has 1 saturated heterocycles. The second kappa shape index (κ2) is 5.61. The van der Waals surface area contributed by atoms with E-state index in [1.54, 1.807) is 0 Å². The first-order valence-electron chi connectivity index (χ1n) is 7.95. The molecule has 0 atom stereocenters. The number of esters is 2. The van der Waals surface area contributed by atoms with Gasteiger partial charge in [0.15, 0.2) is 5.57 Å². The summed E-state index contributed by atoms with van der Waals surface area (Å²) in [6, 6.07) is 5.55. The maximum Gasteiger partial charge on any atom is 0.350 e. The van der Waals surface area contributed by atoms with E-state index in [0.717, 1.165) is 11.1 Å². The Bertz CT molecular complexity index is 786. The minimum atomic E-state index is -1.27. The summed E-state index contributed by atoms with van der Waals surface area (Å²) in [5.74, 6) is -2.80. The van der Waals surface area contributed by atoms with Crippen LogP contribution in [0.3, 0.4) is 0 Å². The molecule has 1 fully saturated rings. The number of hydrogen-bond acceptors (Lipinski definition) is 6. The van der Waals surface area contributed by atoms with E-state index in [-0.39, 0.29) is 11.5 Å². The number of benzene rings is 1. The largest absolute Gasteiger partial charge is 0.419 e. The van der Waals surface area contributed by atoms with Crippen molar-refractivity contribution >= 4 is 23.5 Å². The van der Waals surface area contributed by atoms with Crippen molar-refractivity contribution in [2.45, 2.75) is 45.4 Å². The van der Waals surface area contributed by atoms with Crippen molar-refractivity contribution in [3.63, 3.8) is 0 Å². The number of carbonyl (C=O) groups is 3. The number of anilines is 1. The second-order valence-electron chi connectivity index (χ2n) is 7.06. The van der Waals surface area contributed by atoms with Gasteiger partial charge in [-0.1, -0.05) is 6.07 Å². The number of nitrogens with one attached hydrogen (secondary N) is 2. The van der Waals surface area contributed by atoms with Gasteiger partial charge in [-0.05, 0) is 37.1 Å². The van der Waals surface area contributed by atoms with Gasteiger partial charge in [0.2, 0.25) is 5.91 Å². The molecule has 0 aromatic heterocycles. The Morgan fingerprint density at radius 2 is 1.72 bits per heavy atom. The van der Waals surface area contributed by atoms with Crippen LogP contribution in [-0.4, -0.2) is 23.6 Å². The summed E-state index contributed by atoms with van der Waals surface area (Å²) in [7, 11) is 0. The molecule has 0 saturated carbocycles. The molecule has 132 valence electrons. The monoisotopic (exact) mass is 344 g/mol. The Kier molecular flexibility index (Phi) is 3.82. The molecule has 2 aliphatic heterocycles. The van der Waals surface area contributed by atoms with Crippen LogP contribution in [0, 0.1) is 0 Å². The van der Waals surface area contributed by atoms with E-state index in [4.69, 9.17) is 9.47 Å². The number of amides is 1. The maximum absolute atomic E-state index is 12.1. The Morgan fingerprint density at radius 1 is 1.08 bits per heavy atom. The number of rotatable bonds is 2. The van der Waals surface area contributed by atoms with Gasteiger partial charge in [-0.25, -0.2) is 9.59 Å². The predicted molar refractivity (Wildman–Crippen MR) is 89.3 cm³/mol. The zero-order valence-electron chi connectivity index (χ0n) is 14.6. The Hall–Kier alpha value is -2.83. The highest BCUT2D eigenvalue weighted by atomic mass is 16.7. The van der Waals surface area contributed by atoms with Crippen LogP contribution in [0.25, 0.3) is 0 Å². The molecule has 0 aliphatic carbocycles. The third kappa shape index (κ3) is 3.09. The molecule has 0 radical (unpaired) electrons. The van der Waals surface area contributed by atoms with Crippen LogP contribution >= 0.6 is 0 Å². The Morgan fingerprint density at radius 3 is 2.36 bits per heavy atom. The van der Waals surface area contributed by atoms with Gasteiger partial charge in [0.25, 0.3) is 5.79 Å². The quantitative estimate of drug-likeness (QED) is 0.482. The highest BCUT2D eigenvalue weighted by Crippen LogP contribution is 2.32. The molecule has 2 N–H and O–H groups in total. The van der Waals surface area contributed by atoms with Crippen molar-refractivity contribution < 1.29 is 23.9 Å². The SMILES string of the molecule is CC1(C)OC(=O)C(=CNc2ccc3c(c2)C(C)(C)C(=O)NC3)C(=O)O1. The molecule has 1 aromatic rings. The van der Waals surface area contributed by atoms with Gasteiger partial charge in [-0.2, -0.15) is 0 Å². The summed E-state index contributed by atoms with van der Waals surface area (Å²) < 4.78 is 10.1. The van der Waals surface area contributed by atoms with E-state index in [1.807, 2.05) is 32.0 Å². The molecule has 0 unspecified atom stereocenters. The van der Waals surface area contributed by atoms with E-state index < -0.39 is 23.1 Å². The van der Waals surface area contributed by atoms with Gasteiger partial charge in [0.1, 0.15) is 0 Å². The average molecular weight is 344 g/mol. The summed E-state index contributed by atoms with van der Waals surface area (Å²) in [6.07, 6.45) is 1.26. The summed E-state index contributed by atoms with van der Waals surface area (Å²) in [4.78, 5) is 35.9. The molecule has 0 spiro atoms. The highest BCUT2D eigenvalue weighted by Gasteiger charge is 2.39. The van der Waals surface area contributed by atoms with Gasteiger partial charge in [-0.3, -0.25) is 4.79 Å². The molecule has 3 rings (SSSR count). The van der Waals surface area contributed by atoms with Crippen molar-refractivity contribution in [2.75, 3.05) is 5.32 Å². The molecule has 7 nitrogen and oxygen atoms in total. The zero-order valence-corrected chi connectivity index (χ0v) is 14.6. The lowest BCUT2D eigenvalue weighted by Gasteiger charge is -2.32. The van der Waals surface area contributed by atoms with Crippen molar-refractivity contribution in [3.05, 3.63) is 41.1 Å². The average Bonchev–Trinajstić information content (AvgIpc) is 2.49. The third-order valence-corrected chi connectivity index (χ3v) is 4.29. The van der Waals surface area contributed by atoms with Crippen LogP contribution in [0.2, 0.25) is 0 Å². The van der Waals surface area contributed by atoms with Crippen molar-refractivity contribution in [2.24, 2.45) is 0 Å². The van der Waals surface area contributed by atoms with Gasteiger partial charge in [-0.15, -0.1) is 0 Å². The first-order valence-corrected chi connectivity index (χ1v) is 7.95. The van der Waals surface area contributed by atoms with Crippen molar-refractivity contribution in [1.29, 1.82) is 0 Å². The molecule has 25 heavy (non-hydrogen) atoms. The van der Waals surface area contributed by atoms with Crippen LogP contribution in [0.4, 0.5) is 5.69 Å². The minimum Gasteiger partial charge on any atom is -0.419 e. The molecule has 2 heterocycles. The highest BCUT2D eigenvalue weighted by molar-refractivity contribution is 6.15. The molecule has 2 aliphatic rings. The standard InChI is InChI=1S/C18H20N2O5/c1-17(2)13-7-11(6-5-10(13)8-20-16(17)23)19-9-12-14(21)24-18(3,4)25-15(12)22/h5-7,9,19H,8H2,1-4H3,(H,20,23). The van der Waals surface area contributed by atoms with Crippen LogP contribution in [0.1, 0.15) is 38.8 Å². The molecular weight excluding hydrogens is 324 g/mol. The lowest BCUT2D eigenvalue weighted by atomic mass is 9.78. The fourth-order valence-corrected chi connectivity index (χ4v) is 2.85. The lowest BCUT2D eigenvalue weighted by Crippen LogP contribution is -2.44. The maximum atomic E-state index is 12.1. The van der Waals surface area contributed by atoms with Crippen molar-refractivity contribution in [3.8, 4) is 0 Å². The van der Waals surface area contributed by atoms with Crippen LogP contribution in [-0.2, 0) is 35.8 Å². The smallest absolute Gasteiger partial charge is 0.350 e. The van der Waals surface area contributed by atoms with Crippen LogP contribution in [0.5, 0.6) is 0 Å². The summed E-state index contributed by atoms with van der Waals surface area (Å²) in [5.41, 5.74) is 1.70. The molecule has 1 amide bonds. The summed E-state index contributed by atoms with van der Waals surface area (Å²) in [5, 5.41) is 5.77. The van der Waals surface area contributed by atoms with Gasteiger partial charge >= 0.3 is 11.9 Å². The number of hydrogen-bond donors (Lipinski definition) is 2. The Labute approximate surface area is 145 Å². The van der Waals surface area contributed by atoms with Crippen LogP contribution in [0.15, 0.2) is 30.0 Å². The number of fused-ring (bicyclic) bond motifs is 1. The van der Waals surface area contributed by atoms with Crippen LogP contribution < -0.4 is 10.6 Å². The van der Waals surface area contributed by atoms with E-state index in [2.05, 4.69) is 10.6 Å². The van der Waals surface area contributed by atoms with Crippen molar-refractivity contribution in [1.82, 2.24) is 5.32 Å². The first-order chi connectivity index (χ1) is 11.6. The fourth-order valence-electron chi connectivity index (χ4n) is 2.85. The second-order valence-corrected chi connectivity index (χ2v) is 7.06. The number of ether oxygens (including phenoxy) is 2. The van der Waals surface area contributed by atoms with Gasteiger partial charge in [0.05, 0.1) is 5.41 Å². The summed E-state index contributed by atoms with van der Waals surface area (Å²) in [6.45, 7) is 7.15. The third-order valence-electron chi connectivity index (χ3n) is 4.29. The zero-order chi connectivity index (χ0) is 18.4. The van der Waals surface area contributed by atoms with E-state index in [9.17, 15) is 14.4 Å². The lowest BCUT2D eigenvalue weighted by molar-refractivity contribution is -0.222.